The second-order valence-electron chi connectivity index (χ2n) is 5.84. The molecule has 1 aromatic heterocycles. The number of nitrogens with one attached hydrogen (secondary N) is 1. The minimum absolute atomic E-state index is 0.121. The highest BCUT2D eigenvalue weighted by molar-refractivity contribution is 6.38. The van der Waals surface area contributed by atoms with Crippen molar-refractivity contribution in [2.24, 2.45) is 7.05 Å². The summed E-state index contributed by atoms with van der Waals surface area (Å²) in [6.07, 6.45) is -3.46. The standard InChI is InChI=1S/C16H13Cl2F3N4O2/c1-7-11(15(27)24(2)23-7)14(26)9-3-4-10(16(19,20)21)13(12(9)18)25-6-8(17)5-22-25/h3-4,6,22,27H,5H2,1-2H3. The number of aromatic nitrogens is 2. The number of hydrazine groups is 1. The first-order valence-electron chi connectivity index (χ1n) is 7.58. The molecule has 144 valence electrons. The van der Waals surface area contributed by atoms with Crippen molar-refractivity contribution in [2.45, 2.75) is 13.1 Å². The number of carbonyl (C=O) groups excluding carboxylic acids is 1. The number of anilines is 1. The highest BCUT2D eigenvalue weighted by Crippen LogP contribution is 2.43. The van der Waals surface area contributed by atoms with Crippen molar-refractivity contribution in [2.75, 3.05) is 11.6 Å². The topological polar surface area (TPSA) is 70.4 Å². The number of rotatable bonds is 3. The minimum atomic E-state index is -4.71. The monoisotopic (exact) mass is 420 g/mol. The van der Waals surface area contributed by atoms with Gasteiger partial charge in [0.1, 0.15) is 5.56 Å². The molecular formula is C16H13Cl2F3N4O2. The number of hydrogen-bond acceptors (Lipinski definition) is 5. The molecule has 0 spiro atoms. The molecule has 0 aliphatic carbocycles. The number of alkyl halides is 3. The van der Waals surface area contributed by atoms with Crippen LogP contribution in [0.4, 0.5) is 18.9 Å². The molecule has 27 heavy (non-hydrogen) atoms. The molecule has 0 saturated carbocycles. The van der Waals surface area contributed by atoms with E-state index >= 15 is 0 Å². The number of benzene rings is 1. The van der Waals surface area contributed by atoms with Crippen LogP contribution in [-0.2, 0) is 13.2 Å². The van der Waals surface area contributed by atoms with Crippen LogP contribution in [0.3, 0.4) is 0 Å². The van der Waals surface area contributed by atoms with Crippen LogP contribution in [0.2, 0.25) is 5.02 Å². The summed E-state index contributed by atoms with van der Waals surface area (Å²) >= 11 is 12.1. The van der Waals surface area contributed by atoms with Crippen LogP contribution in [0.1, 0.15) is 27.2 Å². The van der Waals surface area contributed by atoms with Crippen LogP contribution in [-0.4, -0.2) is 27.2 Å². The van der Waals surface area contributed by atoms with E-state index in [9.17, 15) is 23.1 Å². The lowest BCUT2D eigenvalue weighted by molar-refractivity contribution is -0.137. The third kappa shape index (κ3) is 3.38. The Morgan fingerprint density at radius 1 is 1.33 bits per heavy atom. The average Bonchev–Trinajstić information content (AvgIpc) is 3.09. The molecule has 6 nitrogen and oxygen atoms in total. The molecule has 0 amide bonds. The summed E-state index contributed by atoms with van der Waals surface area (Å²) in [5.41, 5.74) is 1.05. The number of aromatic hydroxyl groups is 1. The van der Waals surface area contributed by atoms with Gasteiger partial charge >= 0.3 is 6.18 Å². The van der Waals surface area contributed by atoms with E-state index in [1.165, 1.54) is 20.2 Å². The van der Waals surface area contributed by atoms with Gasteiger partial charge in [-0.3, -0.25) is 9.80 Å². The second kappa shape index (κ2) is 6.74. The largest absolute Gasteiger partial charge is 0.493 e. The predicted octanol–water partition coefficient (Wildman–Crippen LogP) is 3.74. The molecule has 1 aromatic carbocycles. The highest BCUT2D eigenvalue weighted by atomic mass is 35.5. The Labute approximate surface area is 161 Å². The molecule has 2 heterocycles. The zero-order valence-corrected chi connectivity index (χ0v) is 15.5. The van der Waals surface area contributed by atoms with Crippen molar-refractivity contribution in [3.63, 3.8) is 0 Å². The van der Waals surface area contributed by atoms with Crippen molar-refractivity contribution < 1.29 is 23.1 Å². The van der Waals surface area contributed by atoms with Gasteiger partial charge in [0.25, 0.3) is 0 Å². The Hall–Kier alpha value is -2.23. The summed E-state index contributed by atoms with van der Waals surface area (Å²) in [6, 6.07) is 1.74. The Balaban J connectivity index is 2.20. The van der Waals surface area contributed by atoms with Gasteiger partial charge < -0.3 is 5.11 Å². The highest BCUT2D eigenvalue weighted by Gasteiger charge is 2.38. The van der Waals surface area contributed by atoms with Crippen molar-refractivity contribution in [1.29, 1.82) is 0 Å². The van der Waals surface area contributed by atoms with Gasteiger partial charge in [0, 0.05) is 18.8 Å². The number of hydrogen-bond donors (Lipinski definition) is 2. The summed E-state index contributed by atoms with van der Waals surface area (Å²) in [6.45, 7) is 1.62. The van der Waals surface area contributed by atoms with E-state index in [1.807, 2.05) is 0 Å². The van der Waals surface area contributed by atoms with E-state index in [1.54, 1.807) is 0 Å². The first kappa shape index (κ1) is 19.5. The third-order valence-corrected chi connectivity index (χ3v) is 4.63. The maximum absolute atomic E-state index is 13.5. The molecule has 0 saturated heterocycles. The summed E-state index contributed by atoms with van der Waals surface area (Å²) in [4.78, 5) is 12.9. The van der Waals surface area contributed by atoms with Crippen LogP contribution >= 0.6 is 23.2 Å². The van der Waals surface area contributed by atoms with E-state index in [0.717, 1.165) is 21.8 Å². The van der Waals surface area contributed by atoms with E-state index in [4.69, 9.17) is 23.2 Å². The molecule has 1 aliphatic heterocycles. The lowest BCUT2D eigenvalue weighted by Crippen LogP contribution is -2.31. The molecule has 0 bridgehead atoms. The van der Waals surface area contributed by atoms with E-state index in [0.29, 0.717) is 0 Å². The maximum Gasteiger partial charge on any atom is 0.418 e. The van der Waals surface area contributed by atoms with Crippen LogP contribution in [0, 0.1) is 6.92 Å². The Morgan fingerprint density at radius 3 is 2.48 bits per heavy atom. The van der Waals surface area contributed by atoms with Crippen molar-refractivity contribution >= 4 is 34.7 Å². The first-order valence-corrected chi connectivity index (χ1v) is 8.33. The third-order valence-electron chi connectivity index (χ3n) is 4.01. The fraction of sp³-hybridized carbons (Fsp3) is 0.250. The second-order valence-corrected chi connectivity index (χ2v) is 6.70. The summed E-state index contributed by atoms with van der Waals surface area (Å²) in [5, 5.41) is 14.9. The number of nitrogens with zero attached hydrogens (tertiary/aromatic N) is 3. The van der Waals surface area contributed by atoms with Gasteiger partial charge in [-0.05, 0) is 19.1 Å². The van der Waals surface area contributed by atoms with Crippen LogP contribution in [0.15, 0.2) is 23.4 Å². The maximum atomic E-state index is 13.5. The quantitative estimate of drug-likeness (QED) is 0.740. The predicted molar refractivity (Wildman–Crippen MR) is 93.9 cm³/mol. The van der Waals surface area contributed by atoms with Gasteiger partial charge in [0.15, 0.2) is 0 Å². The molecule has 0 fully saturated rings. The zero-order chi connectivity index (χ0) is 20.1. The Kier molecular flexibility index (Phi) is 4.87. The summed E-state index contributed by atoms with van der Waals surface area (Å²) in [7, 11) is 1.43. The van der Waals surface area contributed by atoms with Crippen molar-refractivity contribution in [1.82, 2.24) is 15.2 Å². The van der Waals surface area contributed by atoms with Crippen LogP contribution < -0.4 is 10.4 Å². The lowest BCUT2D eigenvalue weighted by Gasteiger charge is -2.23. The van der Waals surface area contributed by atoms with Gasteiger partial charge in [-0.2, -0.15) is 18.3 Å². The van der Waals surface area contributed by atoms with Gasteiger partial charge in [-0.15, -0.1) is 0 Å². The summed E-state index contributed by atoms with van der Waals surface area (Å²) in [5.74, 6) is -1.15. The molecule has 3 rings (SSSR count). The molecule has 0 atom stereocenters. The van der Waals surface area contributed by atoms with Gasteiger partial charge in [-0.1, -0.05) is 23.2 Å². The van der Waals surface area contributed by atoms with Gasteiger partial charge in [0.05, 0.1) is 33.5 Å². The van der Waals surface area contributed by atoms with Crippen LogP contribution in [0.5, 0.6) is 5.88 Å². The number of halogens is 5. The van der Waals surface area contributed by atoms with Crippen molar-refractivity contribution in [3.05, 3.63) is 50.8 Å². The normalized spacial score (nSPS) is 14.6. The minimum Gasteiger partial charge on any atom is -0.493 e. The Morgan fingerprint density at radius 2 is 2.00 bits per heavy atom. The first-order chi connectivity index (χ1) is 12.5. The average molecular weight is 421 g/mol. The van der Waals surface area contributed by atoms with E-state index < -0.39 is 34.1 Å². The fourth-order valence-corrected chi connectivity index (χ4v) is 3.29. The summed E-state index contributed by atoms with van der Waals surface area (Å²) < 4.78 is 41.5. The molecule has 2 N–H and O–H groups in total. The molecule has 2 aromatic rings. The van der Waals surface area contributed by atoms with Gasteiger partial charge in [0.2, 0.25) is 11.7 Å². The van der Waals surface area contributed by atoms with Gasteiger partial charge in [-0.25, -0.2) is 10.1 Å². The zero-order valence-electron chi connectivity index (χ0n) is 14.0. The Bertz CT molecular complexity index is 970. The smallest absolute Gasteiger partial charge is 0.418 e. The molecule has 1 aliphatic rings. The molecular weight excluding hydrogens is 408 g/mol. The van der Waals surface area contributed by atoms with Crippen molar-refractivity contribution in [3.8, 4) is 5.88 Å². The van der Waals surface area contributed by atoms with E-state index in [2.05, 4.69) is 10.5 Å². The fourth-order valence-electron chi connectivity index (χ4n) is 2.79. The molecule has 0 radical (unpaired) electrons. The number of aryl methyl sites for hydroxylation is 2. The number of ketones is 1. The molecule has 0 unspecified atom stereocenters. The number of carbonyl (C=O) groups is 1. The SMILES string of the molecule is Cc1nn(C)c(O)c1C(=O)c1ccc(C(F)(F)F)c(N2C=C(Cl)CN2)c1Cl. The van der Waals surface area contributed by atoms with E-state index in [-0.39, 0.29) is 28.4 Å². The van der Waals surface area contributed by atoms with Crippen LogP contribution in [0.25, 0.3) is 0 Å². The molecule has 11 heteroatoms. The lowest BCUT2D eigenvalue weighted by atomic mass is 10.00.